The number of thioether (sulfide) groups is 1. The van der Waals surface area contributed by atoms with Gasteiger partial charge >= 0.3 is 0 Å². The molecule has 1 heterocycles. The van der Waals surface area contributed by atoms with Crippen LogP contribution in [0.15, 0.2) is 33.6 Å². The number of hydrogen-bond acceptors (Lipinski definition) is 4. The van der Waals surface area contributed by atoms with Gasteiger partial charge in [0.05, 0.1) is 4.91 Å². The highest BCUT2D eigenvalue weighted by atomic mass is 79.9. The van der Waals surface area contributed by atoms with Crippen LogP contribution in [-0.2, 0) is 4.79 Å². The highest BCUT2D eigenvalue weighted by Gasteiger charge is 2.29. The number of hydrogen-bond donors (Lipinski definition) is 1. The van der Waals surface area contributed by atoms with E-state index in [0.29, 0.717) is 9.23 Å². The van der Waals surface area contributed by atoms with E-state index in [9.17, 15) is 4.79 Å². The third kappa shape index (κ3) is 2.35. The fourth-order valence-electron chi connectivity index (χ4n) is 1.19. The highest BCUT2D eigenvalue weighted by Crippen LogP contribution is 2.30. The van der Waals surface area contributed by atoms with Gasteiger partial charge < -0.3 is 0 Å². The second kappa shape index (κ2) is 4.67. The molecule has 0 radical (unpaired) electrons. The van der Waals surface area contributed by atoms with E-state index in [0.717, 1.165) is 15.0 Å². The molecule has 3 nitrogen and oxygen atoms in total. The molecule has 1 aromatic carbocycles. The number of carbonyl (C=O) groups is 1. The Kier molecular flexibility index (Phi) is 3.44. The number of carbonyl (C=O) groups excluding carboxylic acids is 1. The average Bonchev–Trinajstić information content (AvgIpc) is 2.50. The summed E-state index contributed by atoms with van der Waals surface area (Å²) in [6.07, 6.45) is 1.78. The Morgan fingerprint density at radius 2 is 2.00 bits per heavy atom. The highest BCUT2D eigenvalue weighted by molar-refractivity contribution is 9.10. The van der Waals surface area contributed by atoms with E-state index >= 15 is 0 Å². The monoisotopic (exact) mass is 314 g/mol. The van der Waals surface area contributed by atoms with Crippen molar-refractivity contribution in [1.29, 1.82) is 0 Å². The molecule has 1 aliphatic rings. The lowest BCUT2D eigenvalue weighted by atomic mass is 10.2. The topological polar surface area (TPSA) is 46.3 Å². The van der Waals surface area contributed by atoms with Crippen LogP contribution < -0.4 is 5.84 Å². The smallest absolute Gasteiger partial charge is 0.267 e. The number of thiocarbonyl (C=S) groups is 1. The zero-order chi connectivity index (χ0) is 11.7. The summed E-state index contributed by atoms with van der Waals surface area (Å²) in [5.41, 5.74) is 0.942. The van der Waals surface area contributed by atoms with Gasteiger partial charge in [0, 0.05) is 4.47 Å². The van der Waals surface area contributed by atoms with Crippen LogP contribution >= 0.6 is 39.9 Å². The molecule has 2 N–H and O–H groups in total. The molecule has 0 aliphatic carbocycles. The molecular weight excluding hydrogens is 308 g/mol. The van der Waals surface area contributed by atoms with Gasteiger partial charge in [-0.3, -0.25) is 4.79 Å². The fraction of sp³-hybridized carbons (Fsp3) is 0. The standard InChI is InChI=1S/C10H7BrN2OS2/c11-7-3-1-6(2-4-7)5-8-9(14)13(12)10(15)16-8/h1-5H,12H2/b8-5-. The minimum atomic E-state index is -0.252. The quantitative estimate of drug-likeness (QED) is 0.374. The molecule has 0 aromatic heterocycles. The van der Waals surface area contributed by atoms with E-state index in [2.05, 4.69) is 15.9 Å². The fourth-order valence-corrected chi connectivity index (χ4v) is 2.56. The molecule has 0 atom stereocenters. The number of amides is 1. The lowest BCUT2D eigenvalue weighted by molar-refractivity contribution is -0.122. The Bertz CT molecular complexity index is 484. The molecule has 0 bridgehead atoms. The van der Waals surface area contributed by atoms with Gasteiger partial charge in [0.1, 0.15) is 0 Å². The van der Waals surface area contributed by atoms with Crippen molar-refractivity contribution in [2.75, 3.05) is 0 Å². The van der Waals surface area contributed by atoms with Crippen LogP contribution in [0.4, 0.5) is 0 Å². The maximum atomic E-state index is 11.6. The Hall–Kier alpha value is -0.690. The minimum absolute atomic E-state index is 0.252. The summed E-state index contributed by atoms with van der Waals surface area (Å²) < 4.78 is 1.38. The van der Waals surface area contributed by atoms with E-state index < -0.39 is 0 Å². The van der Waals surface area contributed by atoms with Crippen molar-refractivity contribution >= 4 is 56.2 Å². The largest absolute Gasteiger partial charge is 0.280 e. The number of rotatable bonds is 1. The molecule has 1 amide bonds. The lowest BCUT2D eigenvalue weighted by Crippen LogP contribution is -2.34. The third-order valence-electron chi connectivity index (χ3n) is 1.99. The van der Waals surface area contributed by atoms with Gasteiger partial charge in [-0.15, -0.1) is 0 Å². The first-order valence-electron chi connectivity index (χ1n) is 4.36. The molecule has 1 aliphatic heterocycles. The van der Waals surface area contributed by atoms with Crippen LogP contribution in [0.3, 0.4) is 0 Å². The molecule has 6 heteroatoms. The number of halogens is 1. The Labute approximate surface area is 111 Å². The summed E-state index contributed by atoms with van der Waals surface area (Å²) in [4.78, 5) is 12.2. The first kappa shape index (κ1) is 11.8. The molecule has 0 saturated carbocycles. The first-order chi connectivity index (χ1) is 7.58. The zero-order valence-electron chi connectivity index (χ0n) is 8.01. The van der Waals surface area contributed by atoms with E-state index in [4.69, 9.17) is 18.1 Å². The lowest BCUT2D eigenvalue weighted by Gasteiger charge is -2.02. The van der Waals surface area contributed by atoms with Crippen molar-refractivity contribution in [3.05, 3.63) is 39.2 Å². The van der Waals surface area contributed by atoms with Crippen molar-refractivity contribution in [2.45, 2.75) is 0 Å². The van der Waals surface area contributed by atoms with Crippen LogP contribution in [0.2, 0.25) is 0 Å². The Balaban J connectivity index is 2.29. The van der Waals surface area contributed by atoms with Gasteiger partial charge in [0.2, 0.25) is 0 Å². The van der Waals surface area contributed by atoms with Crippen molar-refractivity contribution < 1.29 is 4.79 Å². The number of nitrogens with zero attached hydrogens (tertiary/aromatic N) is 1. The minimum Gasteiger partial charge on any atom is -0.267 e. The predicted molar refractivity (Wildman–Crippen MR) is 73.3 cm³/mol. The molecule has 82 valence electrons. The van der Waals surface area contributed by atoms with Crippen LogP contribution in [0.5, 0.6) is 0 Å². The second-order valence-corrected chi connectivity index (χ2v) is 5.69. The summed E-state index contributed by atoms with van der Waals surface area (Å²) in [5.74, 6) is 5.21. The molecule has 1 fully saturated rings. The van der Waals surface area contributed by atoms with Crippen molar-refractivity contribution in [3.63, 3.8) is 0 Å². The molecule has 1 aromatic rings. The molecule has 16 heavy (non-hydrogen) atoms. The van der Waals surface area contributed by atoms with Gasteiger partial charge in [-0.2, -0.15) is 0 Å². The summed E-state index contributed by atoms with van der Waals surface area (Å²) >= 11 is 9.49. The number of hydrazine groups is 1. The maximum absolute atomic E-state index is 11.6. The van der Waals surface area contributed by atoms with Crippen molar-refractivity contribution in [2.24, 2.45) is 5.84 Å². The summed E-state index contributed by atoms with van der Waals surface area (Å²) in [7, 11) is 0. The predicted octanol–water partition coefficient (Wildman–Crippen LogP) is 2.52. The van der Waals surface area contributed by atoms with Crippen molar-refractivity contribution in [3.8, 4) is 0 Å². The van der Waals surface area contributed by atoms with Gasteiger partial charge in [-0.05, 0) is 23.8 Å². The van der Waals surface area contributed by atoms with E-state index in [1.807, 2.05) is 24.3 Å². The molecule has 2 rings (SSSR count). The number of nitrogens with two attached hydrogens (primary N) is 1. The zero-order valence-corrected chi connectivity index (χ0v) is 11.2. The normalized spacial score (nSPS) is 18.6. The van der Waals surface area contributed by atoms with E-state index in [1.54, 1.807) is 6.08 Å². The van der Waals surface area contributed by atoms with Crippen molar-refractivity contribution in [1.82, 2.24) is 5.01 Å². The van der Waals surface area contributed by atoms with Gasteiger partial charge in [-0.1, -0.05) is 52.0 Å². The summed E-state index contributed by atoms with van der Waals surface area (Å²) in [6, 6.07) is 7.64. The number of benzene rings is 1. The van der Waals surface area contributed by atoms with Gasteiger partial charge in [0.25, 0.3) is 5.91 Å². The first-order valence-corrected chi connectivity index (χ1v) is 6.38. The van der Waals surface area contributed by atoms with Crippen LogP contribution in [0, 0.1) is 0 Å². The Morgan fingerprint density at radius 3 is 2.50 bits per heavy atom. The van der Waals surface area contributed by atoms with E-state index in [1.165, 1.54) is 11.8 Å². The summed E-state index contributed by atoms with van der Waals surface area (Å²) in [6.45, 7) is 0. The van der Waals surface area contributed by atoms with Crippen LogP contribution in [0.1, 0.15) is 5.56 Å². The second-order valence-electron chi connectivity index (χ2n) is 3.10. The Morgan fingerprint density at radius 1 is 1.38 bits per heavy atom. The molecular formula is C10H7BrN2OS2. The summed E-state index contributed by atoms with van der Waals surface area (Å²) in [5, 5.41) is 0.991. The molecule has 0 spiro atoms. The maximum Gasteiger partial charge on any atom is 0.280 e. The SMILES string of the molecule is NN1C(=O)/C(=C/c2ccc(Br)cc2)SC1=S. The molecule has 0 unspecified atom stereocenters. The average molecular weight is 315 g/mol. The van der Waals surface area contributed by atoms with Crippen LogP contribution in [-0.4, -0.2) is 15.2 Å². The third-order valence-corrected chi connectivity index (χ3v) is 3.85. The van der Waals surface area contributed by atoms with E-state index in [-0.39, 0.29) is 5.91 Å². The van der Waals surface area contributed by atoms with Gasteiger partial charge in [0.15, 0.2) is 4.32 Å². The molecule has 1 saturated heterocycles. The van der Waals surface area contributed by atoms with Gasteiger partial charge in [-0.25, -0.2) is 10.9 Å². The van der Waals surface area contributed by atoms with Crippen LogP contribution in [0.25, 0.3) is 6.08 Å².